The van der Waals surface area contributed by atoms with Crippen molar-refractivity contribution in [1.29, 1.82) is 0 Å². The smallest absolute Gasteiger partial charge is 0.333 e. The van der Waals surface area contributed by atoms with Crippen molar-refractivity contribution in [3.8, 4) is 0 Å². The van der Waals surface area contributed by atoms with Crippen LogP contribution < -0.4 is 0 Å². The van der Waals surface area contributed by atoms with Gasteiger partial charge in [-0.25, -0.2) is 4.79 Å². The minimum Gasteiger partial charge on any atom is -0.463 e. The lowest BCUT2D eigenvalue weighted by Gasteiger charge is -2.15. The maximum absolute atomic E-state index is 11.5. The number of carbonyl (C=O) groups excluding carboxylic acids is 1. The molecule has 1 aromatic carbocycles. The van der Waals surface area contributed by atoms with E-state index in [-0.39, 0.29) is 5.97 Å². The summed E-state index contributed by atoms with van der Waals surface area (Å²) in [5.41, 5.74) is 1.89. The summed E-state index contributed by atoms with van der Waals surface area (Å²) in [5.74, 6) is 0.188. The summed E-state index contributed by atoms with van der Waals surface area (Å²) in [7, 11) is 0. The fourth-order valence-corrected chi connectivity index (χ4v) is 1.97. The SMILES string of the molecule is C=C(CC(CC)Cc1ccccc1)C(=O)OCC. The van der Waals surface area contributed by atoms with Crippen LogP contribution >= 0.6 is 0 Å². The standard InChI is InChI=1S/C16H22O2/c1-4-14(11-13(3)16(17)18-5-2)12-15-9-7-6-8-10-15/h6-10,14H,3-5,11-12H2,1-2H3. The third-order valence-electron chi connectivity index (χ3n) is 3.04. The van der Waals surface area contributed by atoms with Crippen LogP contribution in [0.2, 0.25) is 0 Å². The molecule has 0 amide bonds. The zero-order valence-electron chi connectivity index (χ0n) is 11.3. The van der Waals surface area contributed by atoms with E-state index in [1.165, 1.54) is 5.56 Å². The first-order chi connectivity index (χ1) is 8.67. The van der Waals surface area contributed by atoms with Gasteiger partial charge in [0.1, 0.15) is 0 Å². The zero-order valence-corrected chi connectivity index (χ0v) is 11.3. The third-order valence-corrected chi connectivity index (χ3v) is 3.04. The Morgan fingerprint density at radius 3 is 2.50 bits per heavy atom. The van der Waals surface area contributed by atoms with Gasteiger partial charge < -0.3 is 4.74 Å². The minimum absolute atomic E-state index is 0.260. The third kappa shape index (κ3) is 4.74. The van der Waals surface area contributed by atoms with Crippen LogP contribution in [-0.2, 0) is 16.0 Å². The van der Waals surface area contributed by atoms with E-state index in [4.69, 9.17) is 4.74 Å². The van der Waals surface area contributed by atoms with Crippen LogP contribution in [0.5, 0.6) is 0 Å². The van der Waals surface area contributed by atoms with Gasteiger partial charge in [0, 0.05) is 5.57 Å². The summed E-state index contributed by atoms with van der Waals surface area (Å²) in [6, 6.07) is 10.3. The van der Waals surface area contributed by atoms with E-state index in [0.717, 1.165) is 12.8 Å². The molecule has 0 aromatic heterocycles. The summed E-state index contributed by atoms with van der Waals surface area (Å²) in [4.78, 5) is 11.5. The number of ether oxygens (including phenoxy) is 1. The number of carbonyl (C=O) groups is 1. The summed E-state index contributed by atoms with van der Waals surface area (Å²) in [5, 5.41) is 0. The topological polar surface area (TPSA) is 26.3 Å². The molecule has 0 N–H and O–H groups in total. The van der Waals surface area contributed by atoms with E-state index in [0.29, 0.717) is 24.5 Å². The zero-order chi connectivity index (χ0) is 13.4. The lowest BCUT2D eigenvalue weighted by molar-refractivity contribution is -0.138. The molecule has 0 saturated heterocycles. The Kier molecular flexibility index (Phi) is 6.20. The van der Waals surface area contributed by atoms with Crippen molar-refractivity contribution in [1.82, 2.24) is 0 Å². The van der Waals surface area contributed by atoms with Crippen LogP contribution in [0.1, 0.15) is 32.3 Å². The molecule has 98 valence electrons. The lowest BCUT2D eigenvalue weighted by Crippen LogP contribution is -2.12. The average molecular weight is 246 g/mol. The average Bonchev–Trinajstić information content (AvgIpc) is 2.39. The summed E-state index contributed by atoms with van der Waals surface area (Å²) < 4.78 is 4.96. The molecule has 0 bridgehead atoms. The largest absolute Gasteiger partial charge is 0.463 e. The monoisotopic (exact) mass is 246 g/mol. The second-order valence-corrected chi connectivity index (χ2v) is 4.49. The van der Waals surface area contributed by atoms with E-state index < -0.39 is 0 Å². The van der Waals surface area contributed by atoms with Crippen LogP contribution in [0.15, 0.2) is 42.5 Å². The molecule has 1 aromatic rings. The maximum Gasteiger partial charge on any atom is 0.333 e. The van der Waals surface area contributed by atoms with Crippen LogP contribution in [0.4, 0.5) is 0 Å². The van der Waals surface area contributed by atoms with Crippen molar-refractivity contribution >= 4 is 5.97 Å². The van der Waals surface area contributed by atoms with Crippen molar-refractivity contribution in [2.24, 2.45) is 5.92 Å². The van der Waals surface area contributed by atoms with Crippen molar-refractivity contribution < 1.29 is 9.53 Å². The molecule has 0 aliphatic rings. The number of benzene rings is 1. The lowest BCUT2D eigenvalue weighted by atomic mass is 9.91. The maximum atomic E-state index is 11.5. The minimum atomic E-state index is -0.260. The second-order valence-electron chi connectivity index (χ2n) is 4.49. The Labute approximate surface area is 110 Å². The summed E-state index contributed by atoms with van der Waals surface area (Å²) >= 11 is 0. The Bertz CT molecular complexity index is 381. The molecule has 1 rings (SSSR count). The number of rotatable bonds is 7. The molecule has 0 aliphatic heterocycles. The van der Waals surface area contributed by atoms with Crippen LogP contribution in [0, 0.1) is 5.92 Å². The molecule has 0 aliphatic carbocycles. The number of hydrogen-bond donors (Lipinski definition) is 0. The first-order valence-corrected chi connectivity index (χ1v) is 6.56. The molecule has 0 fully saturated rings. The van der Waals surface area contributed by atoms with E-state index in [2.05, 4.69) is 25.6 Å². The number of esters is 1. The quantitative estimate of drug-likeness (QED) is 0.541. The molecule has 0 saturated carbocycles. The Hall–Kier alpha value is -1.57. The van der Waals surface area contributed by atoms with Gasteiger partial charge in [-0.05, 0) is 31.2 Å². The second kappa shape index (κ2) is 7.70. The van der Waals surface area contributed by atoms with Gasteiger partial charge in [-0.3, -0.25) is 0 Å². The van der Waals surface area contributed by atoms with Gasteiger partial charge >= 0.3 is 5.97 Å². The van der Waals surface area contributed by atoms with E-state index >= 15 is 0 Å². The predicted molar refractivity (Wildman–Crippen MR) is 74.3 cm³/mol. The van der Waals surface area contributed by atoms with E-state index in [9.17, 15) is 4.79 Å². The van der Waals surface area contributed by atoms with Gasteiger partial charge in [0.15, 0.2) is 0 Å². The highest BCUT2D eigenvalue weighted by Gasteiger charge is 2.14. The van der Waals surface area contributed by atoms with Gasteiger partial charge in [-0.15, -0.1) is 0 Å². The molecule has 18 heavy (non-hydrogen) atoms. The molecule has 0 radical (unpaired) electrons. The molecule has 0 spiro atoms. The van der Waals surface area contributed by atoms with Crippen LogP contribution in [-0.4, -0.2) is 12.6 Å². The van der Waals surface area contributed by atoms with E-state index in [1.54, 1.807) is 0 Å². The molecule has 1 unspecified atom stereocenters. The fraction of sp³-hybridized carbons (Fsp3) is 0.438. The van der Waals surface area contributed by atoms with Crippen molar-refractivity contribution in [2.75, 3.05) is 6.61 Å². The van der Waals surface area contributed by atoms with Crippen molar-refractivity contribution in [3.05, 3.63) is 48.0 Å². The van der Waals surface area contributed by atoms with Gasteiger partial charge in [0.25, 0.3) is 0 Å². The Morgan fingerprint density at radius 1 is 1.28 bits per heavy atom. The highest BCUT2D eigenvalue weighted by Crippen LogP contribution is 2.20. The Balaban J connectivity index is 2.52. The molecule has 0 heterocycles. The van der Waals surface area contributed by atoms with Gasteiger partial charge in [-0.2, -0.15) is 0 Å². The molecular formula is C16H22O2. The summed E-state index contributed by atoms with van der Waals surface area (Å²) in [6.07, 6.45) is 2.73. The Morgan fingerprint density at radius 2 is 1.94 bits per heavy atom. The molecule has 2 nitrogen and oxygen atoms in total. The number of hydrogen-bond acceptors (Lipinski definition) is 2. The predicted octanol–water partition coefficient (Wildman–Crippen LogP) is 3.76. The first-order valence-electron chi connectivity index (χ1n) is 6.56. The fourth-order valence-electron chi connectivity index (χ4n) is 1.97. The highest BCUT2D eigenvalue weighted by atomic mass is 16.5. The van der Waals surface area contributed by atoms with Crippen molar-refractivity contribution in [2.45, 2.75) is 33.1 Å². The van der Waals surface area contributed by atoms with Gasteiger partial charge in [0.2, 0.25) is 0 Å². The first kappa shape index (κ1) is 14.5. The molecule has 2 heteroatoms. The highest BCUT2D eigenvalue weighted by molar-refractivity contribution is 5.87. The van der Waals surface area contributed by atoms with Crippen LogP contribution in [0.3, 0.4) is 0 Å². The molecular weight excluding hydrogens is 224 g/mol. The van der Waals surface area contributed by atoms with Gasteiger partial charge in [-0.1, -0.05) is 50.3 Å². The van der Waals surface area contributed by atoms with Crippen LogP contribution in [0.25, 0.3) is 0 Å². The van der Waals surface area contributed by atoms with Gasteiger partial charge in [0.05, 0.1) is 6.61 Å². The summed E-state index contributed by atoms with van der Waals surface area (Å²) in [6.45, 7) is 8.19. The normalized spacial score (nSPS) is 11.9. The van der Waals surface area contributed by atoms with Crippen molar-refractivity contribution in [3.63, 3.8) is 0 Å². The molecule has 1 atom stereocenters. The van der Waals surface area contributed by atoms with E-state index in [1.807, 2.05) is 25.1 Å².